The summed E-state index contributed by atoms with van der Waals surface area (Å²) >= 11 is 0. The highest BCUT2D eigenvalue weighted by Gasteiger charge is 2.04. The summed E-state index contributed by atoms with van der Waals surface area (Å²) in [6.07, 6.45) is 0. The first-order chi connectivity index (χ1) is 9.72. The zero-order valence-electron chi connectivity index (χ0n) is 12.0. The van der Waals surface area contributed by atoms with Crippen molar-refractivity contribution in [2.45, 2.75) is 26.5 Å². The number of benzene rings is 2. The second-order valence-electron chi connectivity index (χ2n) is 4.75. The van der Waals surface area contributed by atoms with E-state index in [9.17, 15) is 0 Å². The van der Waals surface area contributed by atoms with E-state index in [1.165, 1.54) is 5.56 Å². The van der Waals surface area contributed by atoms with Crippen molar-refractivity contribution in [2.75, 3.05) is 6.54 Å². The summed E-state index contributed by atoms with van der Waals surface area (Å²) in [5, 5.41) is 12.4. The van der Waals surface area contributed by atoms with Gasteiger partial charge in [0.2, 0.25) is 0 Å². The Balaban J connectivity index is 2.02. The zero-order valence-corrected chi connectivity index (χ0v) is 12.0. The first kappa shape index (κ1) is 14.6. The monoisotopic (exact) mass is 271 g/mol. The average molecular weight is 271 g/mol. The van der Waals surface area contributed by atoms with E-state index >= 15 is 0 Å². The van der Waals surface area contributed by atoms with E-state index in [0.717, 1.165) is 23.6 Å². The fourth-order valence-electron chi connectivity index (χ4n) is 2.05. The summed E-state index contributed by atoms with van der Waals surface area (Å²) in [6.45, 7) is 5.25. The molecule has 2 aromatic rings. The van der Waals surface area contributed by atoms with Crippen LogP contribution in [0.1, 0.15) is 31.0 Å². The van der Waals surface area contributed by atoms with Gasteiger partial charge in [-0.15, -0.1) is 0 Å². The predicted molar refractivity (Wildman–Crippen MR) is 81.0 cm³/mol. The maximum absolute atomic E-state index is 9.00. The van der Waals surface area contributed by atoms with E-state index in [0.29, 0.717) is 6.04 Å². The third-order valence-electron chi connectivity index (χ3n) is 3.23. The molecule has 2 N–H and O–H groups in total. The van der Waals surface area contributed by atoms with Crippen LogP contribution in [0, 0.1) is 0 Å². The maximum atomic E-state index is 9.00. The summed E-state index contributed by atoms with van der Waals surface area (Å²) < 4.78 is 5.77. The summed E-state index contributed by atoms with van der Waals surface area (Å²) in [4.78, 5) is 0. The molecule has 0 aliphatic heterocycles. The molecule has 0 spiro atoms. The molecule has 0 fully saturated rings. The first-order valence-corrected chi connectivity index (χ1v) is 6.94. The third-order valence-corrected chi connectivity index (χ3v) is 3.23. The van der Waals surface area contributed by atoms with E-state index in [1.807, 2.05) is 36.4 Å². The van der Waals surface area contributed by atoms with Gasteiger partial charge in [0.05, 0.1) is 6.61 Å². The number of hydrogen-bond acceptors (Lipinski definition) is 3. The largest absolute Gasteiger partial charge is 0.457 e. The summed E-state index contributed by atoms with van der Waals surface area (Å²) in [5.41, 5.74) is 2.13. The lowest BCUT2D eigenvalue weighted by atomic mass is 10.1. The highest BCUT2D eigenvalue weighted by Crippen LogP contribution is 2.23. The molecule has 2 rings (SSSR count). The highest BCUT2D eigenvalue weighted by atomic mass is 16.5. The standard InChI is InChI=1S/C17H21NO2/c1-3-18-13(2)15-6-10-17(11-7-15)20-16-8-4-14(12-19)5-9-16/h4-11,13,18-19H,3,12H2,1-2H3. The lowest BCUT2D eigenvalue weighted by molar-refractivity contribution is 0.281. The lowest BCUT2D eigenvalue weighted by Crippen LogP contribution is -2.17. The molecule has 3 nitrogen and oxygen atoms in total. The molecule has 0 radical (unpaired) electrons. The van der Waals surface area contributed by atoms with Crippen molar-refractivity contribution in [3.63, 3.8) is 0 Å². The van der Waals surface area contributed by atoms with Gasteiger partial charge in [-0.2, -0.15) is 0 Å². The van der Waals surface area contributed by atoms with Gasteiger partial charge in [-0.1, -0.05) is 31.2 Å². The molecule has 1 unspecified atom stereocenters. The molecule has 0 saturated heterocycles. The summed E-state index contributed by atoms with van der Waals surface area (Å²) in [5.74, 6) is 1.59. The summed E-state index contributed by atoms with van der Waals surface area (Å²) in [6, 6.07) is 15.9. The Bertz CT molecular complexity index is 520. The van der Waals surface area contributed by atoms with Crippen molar-refractivity contribution in [1.29, 1.82) is 0 Å². The minimum Gasteiger partial charge on any atom is -0.457 e. The van der Waals surface area contributed by atoms with Gasteiger partial charge in [0.15, 0.2) is 0 Å². The van der Waals surface area contributed by atoms with Gasteiger partial charge in [0.1, 0.15) is 11.5 Å². The van der Waals surface area contributed by atoms with Crippen LogP contribution < -0.4 is 10.1 Å². The fourth-order valence-corrected chi connectivity index (χ4v) is 2.05. The molecule has 0 aromatic heterocycles. The first-order valence-electron chi connectivity index (χ1n) is 6.94. The number of aliphatic hydroxyl groups excluding tert-OH is 1. The molecule has 0 bridgehead atoms. The van der Waals surface area contributed by atoms with Crippen LogP contribution in [0.5, 0.6) is 11.5 Å². The zero-order chi connectivity index (χ0) is 14.4. The van der Waals surface area contributed by atoms with E-state index in [2.05, 4.69) is 31.3 Å². The van der Waals surface area contributed by atoms with E-state index in [-0.39, 0.29) is 6.61 Å². The predicted octanol–water partition coefficient (Wildman–Crippen LogP) is 3.64. The third kappa shape index (κ3) is 3.83. The Morgan fingerprint density at radius 3 is 2.05 bits per heavy atom. The van der Waals surface area contributed by atoms with Crippen molar-refractivity contribution in [3.8, 4) is 11.5 Å². The molecule has 106 valence electrons. The lowest BCUT2D eigenvalue weighted by Gasteiger charge is -2.13. The second-order valence-corrected chi connectivity index (χ2v) is 4.75. The number of rotatable bonds is 6. The van der Waals surface area contributed by atoms with Crippen LogP contribution in [0.2, 0.25) is 0 Å². The fraction of sp³-hybridized carbons (Fsp3) is 0.294. The Labute approximate surface area is 120 Å². The number of hydrogen-bond donors (Lipinski definition) is 2. The van der Waals surface area contributed by atoms with Crippen molar-refractivity contribution >= 4 is 0 Å². The van der Waals surface area contributed by atoms with Gasteiger partial charge in [-0.3, -0.25) is 0 Å². The average Bonchev–Trinajstić information content (AvgIpc) is 2.49. The molecule has 0 saturated carbocycles. The molecular formula is C17H21NO2. The van der Waals surface area contributed by atoms with Crippen molar-refractivity contribution in [1.82, 2.24) is 5.32 Å². The van der Waals surface area contributed by atoms with Crippen LogP contribution in [-0.2, 0) is 6.61 Å². The molecule has 0 heterocycles. The van der Waals surface area contributed by atoms with Gasteiger partial charge in [-0.05, 0) is 48.9 Å². The smallest absolute Gasteiger partial charge is 0.127 e. The Morgan fingerprint density at radius 1 is 1.00 bits per heavy atom. The molecule has 0 amide bonds. The van der Waals surface area contributed by atoms with E-state index < -0.39 is 0 Å². The normalized spacial score (nSPS) is 12.2. The van der Waals surface area contributed by atoms with Gasteiger partial charge >= 0.3 is 0 Å². The topological polar surface area (TPSA) is 41.5 Å². The minimum atomic E-state index is 0.0529. The number of ether oxygens (including phenoxy) is 1. The Kier molecular flexibility index (Phi) is 5.16. The van der Waals surface area contributed by atoms with Gasteiger partial charge in [-0.25, -0.2) is 0 Å². The SMILES string of the molecule is CCNC(C)c1ccc(Oc2ccc(CO)cc2)cc1. The van der Waals surface area contributed by atoms with E-state index in [1.54, 1.807) is 0 Å². The van der Waals surface area contributed by atoms with Gasteiger partial charge < -0.3 is 15.2 Å². The van der Waals surface area contributed by atoms with E-state index in [4.69, 9.17) is 9.84 Å². The quantitative estimate of drug-likeness (QED) is 0.842. The molecular weight excluding hydrogens is 250 g/mol. The van der Waals surface area contributed by atoms with Crippen LogP contribution in [0.3, 0.4) is 0 Å². The highest BCUT2D eigenvalue weighted by molar-refractivity contribution is 5.35. The number of aliphatic hydroxyl groups is 1. The van der Waals surface area contributed by atoms with Crippen LogP contribution >= 0.6 is 0 Å². The Hall–Kier alpha value is -1.84. The Morgan fingerprint density at radius 2 is 1.55 bits per heavy atom. The molecule has 0 aliphatic rings. The molecule has 20 heavy (non-hydrogen) atoms. The molecule has 3 heteroatoms. The minimum absolute atomic E-state index is 0.0529. The van der Waals surface area contributed by atoms with Crippen molar-refractivity contribution in [2.24, 2.45) is 0 Å². The van der Waals surface area contributed by atoms with Crippen LogP contribution in [0.25, 0.3) is 0 Å². The van der Waals surface area contributed by atoms with Crippen molar-refractivity contribution < 1.29 is 9.84 Å². The summed E-state index contributed by atoms with van der Waals surface area (Å²) in [7, 11) is 0. The van der Waals surface area contributed by atoms with Gasteiger partial charge in [0.25, 0.3) is 0 Å². The van der Waals surface area contributed by atoms with Crippen molar-refractivity contribution in [3.05, 3.63) is 59.7 Å². The molecule has 2 aromatic carbocycles. The molecule has 0 aliphatic carbocycles. The van der Waals surface area contributed by atoms with Crippen LogP contribution in [0.15, 0.2) is 48.5 Å². The van der Waals surface area contributed by atoms with Gasteiger partial charge in [0, 0.05) is 6.04 Å². The van der Waals surface area contributed by atoms with Crippen LogP contribution in [-0.4, -0.2) is 11.7 Å². The number of nitrogens with one attached hydrogen (secondary N) is 1. The van der Waals surface area contributed by atoms with Crippen LogP contribution in [0.4, 0.5) is 0 Å². The second kappa shape index (κ2) is 7.08. The maximum Gasteiger partial charge on any atom is 0.127 e. The molecule has 1 atom stereocenters.